The first-order valence-electron chi connectivity index (χ1n) is 8.96. The van der Waals surface area contributed by atoms with Crippen LogP contribution in [0.1, 0.15) is 17.3 Å². The summed E-state index contributed by atoms with van der Waals surface area (Å²) in [5.41, 5.74) is 4.71. The SMILES string of the molecule is CCOC(=O)c1cnn2ccc(-c3ccc(-c4cccc(OC)c4)cc3)nc12. The number of carbonyl (C=O) groups is 1. The molecule has 0 radical (unpaired) electrons. The molecular weight excluding hydrogens is 354 g/mol. The van der Waals surface area contributed by atoms with E-state index in [2.05, 4.69) is 10.1 Å². The largest absolute Gasteiger partial charge is 0.497 e. The monoisotopic (exact) mass is 373 g/mol. The topological polar surface area (TPSA) is 65.7 Å². The number of aromatic nitrogens is 3. The van der Waals surface area contributed by atoms with E-state index in [1.54, 1.807) is 24.7 Å². The van der Waals surface area contributed by atoms with Gasteiger partial charge in [0.15, 0.2) is 5.65 Å². The Bertz CT molecular complexity index is 1130. The van der Waals surface area contributed by atoms with E-state index in [-0.39, 0.29) is 0 Å². The summed E-state index contributed by atoms with van der Waals surface area (Å²) in [6.07, 6.45) is 3.27. The second kappa shape index (κ2) is 7.52. The predicted molar refractivity (Wildman–Crippen MR) is 106 cm³/mol. The number of esters is 1. The number of nitrogens with zero attached hydrogens (tertiary/aromatic N) is 3. The van der Waals surface area contributed by atoms with Crippen LogP contribution in [0.3, 0.4) is 0 Å². The molecule has 2 aromatic heterocycles. The van der Waals surface area contributed by atoms with E-state index in [1.165, 1.54) is 6.20 Å². The molecule has 0 unspecified atom stereocenters. The molecule has 28 heavy (non-hydrogen) atoms. The van der Waals surface area contributed by atoms with Crippen LogP contribution in [0.25, 0.3) is 28.0 Å². The molecule has 4 rings (SSSR count). The van der Waals surface area contributed by atoms with E-state index in [0.717, 1.165) is 28.1 Å². The van der Waals surface area contributed by atoms with Gasteiger partial charge in [0.1, 0.15) is 11.3 Å². The van der Waals surface area contributed by atoms with Gasteiger partial charge in [-0.05, 0) is 36.2 Å². The summed E-state index contributed by atoms with van der Waals surface area (Å²) < 4.78 is 11.9. The maximum absolute atomic E-state index is 12.1. The van der Waals surface area contributed by atoms with E-state index in [4.69, 9.17) is 9.47 Å². The molecule has 0 aliphatic heterocycles. The van der Waals surface area contributed by atoms with Crippen molar-refractivity contribution in [3.05, 3.63) is 72.6 Å². The first kappa shape index (κ1) is 17.7. The van der Waals surface area contributed by atoms with Gasteiger partial charge in [0, 0.05) is 11.8 Å². The fourth-order valence-corrected chi connectivity index (χ4v) is 3.02. The molecule has 0 saturated heterocycles. The average molecular weight is 373 g/mol. The summed E-state index contributed by atoms with van der Waals surface area (Å²) in [6, 6.07) is 17.9. The van der Waals surface area contributed by atoms with Gasteiger partial charge in [-0.2, -0.15) is 5.10 Å². The van der Waals surface area contributed by atoms with E-state index < -0.39 is 5.97 Å². The Kier molecular flexibility index (Phi) is 4.76. The van der Waals surface area contributed by atoms with Gasteiger partial charge in [-0.1, -0.05) is 36.4 Å². The fourth-order valence-electron chi connectivity index (χ4n) is 3.02. The third-order valence-corrected chi connectivity index (χ3v) is 4.45. The van der Waals surface area contributed by atoms with Crippen LogP contribution in [0.15, 0.2) is 67.0 Å². The van der Waals surface area contributed by atoms with E-state index >= 15 is 0 Å². The number of benzene rings is 2. The van der Waals surface area contributed by atoms with Gasteiger partial charge in [0.25, 0.3) is 0 Å². The van der Waals surface area contributed by atoms with Crippen LogP contribution in [0.2, 0.25) is 0 Å². The molecule has 0 N–H and O–H groups in total. The number of hydrogen-bond donors (Lipinski definition) is 0. The number of ether oxygens (including phenoxy) is 2. The van der Waals surface area contributed by atoms with Gasteiger partial charge in [0.05, 0.1) is 25.6 Å². The zero-order valence-electron chi connectivity index (χ0n) is 15.6. The maximum Gasteiger partial charge on any atom is 0.343 e. The van der Waals surface area contributed by atoms with Crippen molar-refractivity contribution < 1.29 is 14.3 Å². The molecule has 0 atom stereocenters. The summed E-state index contributed by atoms with van der Waals surface area (Å²) in [4.78, 5) is 16.7. The number of rotatable bonds is 5. The van der Waals surface area contributed by atoms with Crippen molar-refractivity contribution in [2.75, 3.05) is 13.7 Å². The lowest BCUT2D eigenvalue weighted by Gasteiger charge is -2.07. The molecule has 2 heterocycles. The smallest absolute Gasteiger partial charge is 0.343 e. The van der Waals surface area contributed by atoms with Crippen molar-refractivity contribution in [3.8, 4) is 28.1 Å². The third kappa shape index (κ3) is 3.32. The van der Waals surface area contributed by atoms with Crippen molar-refractivity contribution in [2.45, 2.75) is 6.92 Å². The van der Waals surface area contributed by atoms with Crippen LogP contribution in [-0.2, 0) is 4.74 Å². The molecule has 6 heteroatoms. The minimum atomic E-state index is -0.421. The molecule has 0 amide bonds. The highest BCUT2D eigenvalue weighted by Gasteiger charge is 2.15. The Hall–Kier alpha value is -3.67. The molecule has 140 valence electrons. The molecule has 0 spiro atoms. The van der Waals surface area contributed by atoms with Crippen LogP contribution in [-0.4, -0.2) is 34.3 Å². The van der Waals surface area contributed by atoms with Crippen molar-refractivity contribution >= 4 is 11.6 Å². The Balaban J connectivity index is 1.68. The molecule has 4 aromatic rings. The lowest BCUT2D eigenvalue weighted by atomic mass is 10.0. The number of fused-ring (bicyclic) bond motifs is 1. The summed E-state index contributed by atoms with van der Waals surface area (Å²) in [6.45, 7) is 2.08. The van der Waals surface area contributed by atoms with Gasteiger partial charge in [0.2, 0.25) is 0 Å². The molecule has 0 bridgehead atoms. The minimum Gasteiger partial charge on any atom is -0.497 e. The molecule has 0 aliphatic rings. The summed E-state index contributed by atoms with van der Waals surface area (Å²) >= 11 is 0. The van der Waals surface area contributed by atoms with E-state index in [0.29, 0.717) is 17.8 Å². The lowest BCUT2D eigenvalue weighted by Crippen LogP contribution is -2.05. The quantitative estimate of drug-likeness (QED) is 0.489. The molecule has 2 aromatic carbocycles. The summed E-state index contributed by atoms with van der Waals surface area (Å²) in [7, 11) is 1.66. The second-order valence-electron chi connectivity index (χ2n) is 6.17. The average Bonchev–Trinajstić information content (AvgIpc) is 3.17. The highest BCUT2D eigenvalue weighted by molar-refractivity contribution is 5.95. The Morgan fingerprint density at radius 1 is 1.04 bits per heavy atom. The summed E-state index contributed by atoms with van der Waals surface area (Å²) in [5, 5.41) is 4.17. The number of methoxy groups -OCH3 is 1. The van der Waals surface area contributed by atoms with Crippen molar-refractivity contribution in [3.63, 3.8) is 0 Å². The normalized spacial score (nSPS) is 10.8. The molecule has 0 fully saturated rings. The van der Waals surface area contributed by atoms with Gasteiger partial charge < -0.3 is 9.47 Å². The first-order valence-corrected chi connectivity index (χ1v) is 8.96. The third-order valence-electron chi connectivity index (χ3n) is 4.45. The van der Waals surface area contributed by atoms with Gasteiger partial charge in [-0.25, -0.2) is 14.3 Å². The predicted octanol–water partition coefficient (Wildman–Crippen LogP) is 4.25. The zero-order chi connectivity index (χ0) is 19.5. The number of carbonyl (C=O) groups excluding carboxylic acids is 1. The van der Waals surface area contributed by atoms with E-state index in [9.17, 15) is 4.79 Å². The van der Waals surface area contributed by atoms with Crippen molar-refractivity contribution in [1.82, 2.24) is 14.6 Å². The van der Waals surface area contributed by atoms with Crippen LogP contribution in [0, 0.1) is 0 Å². The van der Waals surface area contributed by atoms with E-state index in [1.807, 2.05) is 54.6 Å². The van der Waals surface area contributed by atoms with Crippen molar-refractivity contribution in [1.29, 1.82) is 0 Å². The van der Waals surface area contributed by atoms with Crippen LogP contribution in [0.5, 0.6) is 5.75 Å². The molecule has 0 aliphatic carbocycles. The molecular formula is C22H19N3O3. The second-order valence-corrected chi connectivity index (χ2v) is 6.17. The highest BCUT2D eigenvalue weighted by Crippen LogP contribution is 2.27. The maximum atomic E-state index is 12.1. The first-order chi connectivity index (χ1) is 13.7. The van der Waals surface area contributed by atoms with Crippen LogP contribution in [0.4, 0.5) is 0 Å². The molecule has 0 saturated carbocycles. The fraction of sp³-hybridized carbons (Fsp3) is 0.136. The zero-order valence-corrected chi connectivity index (χ0v) is 15.6. The summed E-state index contributed by atoms with van der Waals surface area (Å²) in [5.74, 6) is 0.399. The van der Waals surface area contributed by atoms with Gasteiger partial charge >= 0.3 is 5.97 Å². The molecule has 6 nitrogen and oxygen atoms in total. The van der Waals surface area contributed by atoms with Gasteiger partial charge in [-0.3, -0.25) is 0 Å². The Morgan fingerprint density at radius 3 is 2.57 bits per heavy atom. The van der Waals surface area contributed by atoms with Crippen LogP contribution < -0.4 is 4.74 Å². The van der Waals surface area contributed by atoms with Crippen molar-refractivity contribution in [2.24, 2.45) is 0 Å². The minimum absolute atomic E-state index is 0.307. The highest BCUT2D eigenvalue weighted by atomic mass is 16.5. The number of hydrogen-bond acceptors (Lipinski definition) is 5. The van der Waals surface area contributed by atoms with Crippen LogP contribution >= 0.6 is 0 Å². The lowest BCUT2D eigenvalue weighted by molar-refractivity contribution is 0.0528. The Morgan fingerprint density at radius 2 is 1.82 bits per heavy atom. The van der Waals surface area contributed by atoms with Gasteiger partial charge in [-0.15, -0.1) is 0 Å². The standard InChI is InChI=1S/C22H19N3O3/c1-3-28-22(26)19-14-23-25-12-11-20(24-21(19)25)16-9-7-15(8-10-16)17-5-4-6-18(13-17)27-2/h4-14H,3H2,1-2H3. The Labute approximate surface area is 162 Å².